The van der Waals surface area contributed by atoms with Gasteiger partial charge in [-0.05, 0) is 64.2 Å². The number of alkyl halides is 2. The minimum atomic E-state index is -2.51. The Bertz CT molecular complexity index is 775. The van der Waals surface area contributed by atoms with Crippen LogP contribution in [0.3, 0.4) is 0 Å². The number of hydrogen-bond acceptors (Lipinski definition) is 4. The average molecular weight is 442 g/mol. The highest BCUT2D eigenvalue weighted by atomic mass is 79.9. The van der Waals surface area contributed by atoms with E-state index in [1.54, 1.807) is 25.3 Å². The topological polar surface area (TPSA) is 41.9 Å². The minimum Gasteiger partial charge on any atom is -0.496 e. The van der Waals surface area contributed by atoms with Crippen molar-refractivity contribution in [1.82, 2.24) is 4.90 Å². The third-order valence-electron chi connectivity index (χ3n) is 4.70. The molecule has 2 aromatic carbocycles. The lowest BCUT2D eigenvalue weighted by Crippen LogP contribution is -2.28. The Kier molecular flexibility index (Phi) is 6.68. The fourth-order valence-corrected chi connectivity index (χ4v) is 3.85. The van der Waals surface area contributed by atoms with Crippen LogP contribution >= 0.6 is 15.9 Å². The monoisotopic (exact) mass is 441 g/mol. The second-order valence-corrected chi connectivity index (χ2v) is 7.29. The molecule has 2 aromatic rings. The van der Waals surface area contributed by atoms with Crippen molar-refractivity contribution < 1.29 is 23.4 Å². The first-order valence-corrected chi connectivity index (χ1v) is 9.57. The Hall–Kier alpha value is -1.70. The molecule has 0 saturated carbocycles. The van der Waals surface area contributed by atoms with Crippen LogP contribution in [0.1, 0.15) is 36.2 Å². The number of nitrogens with zero attached hydrogens (tertiary/aromatic N) is 1. The fourth-order valence-electron chi connectivity index (χ4n) is 3.44. The van der Waals surface area contributed by atoms with Gasteiger partial charge in [-0.2, -0.15) is 0 Å². The van der Waals surface area contributed by atoms with E-state index >= 15 is 0 Å². The van der Waals surface area contributed by atoms with Gasteiger partial charge in [0.15, 0.2) is 0 Å². The first-order valence-electron chi connectivity index (χ1n) is 8.77. The zero-order valence-electron chi connectivity index (χ0n) is 14.9. The van der Waals surface area contributed by atoms with Crippen LogP contribution in [0.15, 0.2) is 46.9 Å². The number of rotatable bonds is 7. The SMILES string of the molecule is COc1cc(C(O)N2CCCC2c2cccc(OCC(F)F)c2)ccc1Br. The molecule has 0 amide bonds. The lowest BCUT2D eigenvalue weighted by Gasteiger charge is -2.30. The maximum atomic E-state index is 12.4. The molecule has 7 heteroatoms. The molecular weight excluding hydrogens is 420 g/mol. The van der Waals surface area contributed by atoms with E-state index in [4.69, 9.17) is 9.47 Å². The largest absolute Gasteiger partial charge is 0.496 e. The number of likely N-dealkylation sites (tertiary alicyclic amines) is 1. The van der Waals surface area contributed by atoms with Gasteiger partial charge >= 0.3 is 0 Å². The van der Waals surface area contributed by atoms with Gasteiger partial charge in [0.1, 0.15) is 24.3 Å². The average Bonchev–Trinajstić information content (AvgIpc) is 3.16. The molecule has 2 unspecified atom stereocenters. The van der Waals surface area contributed by atoms with Crippen molar-refractivity contribution in [1.29, 1.82) is 0 Å². The molecule has 1 aliphatic heterocycles. The number of ether oxygens (including phenoxy) is 2. The van der Waals surface area contributed by atoms with E-state index in [0.29, 0.717) is 11.5 Å². The molecule has 1 saturated heterocycles. The summed E-state index contributed by atoms with van der Waals surface area (Å²) in [6, 6.07) is 12.7. The van der Waals surface area contributed by atoms with Crippen LogP contribution in [0.5, 0.6) is 11.5 Å². The molecule has 0 aromatic heterocycles. The third-order valence-corrected chi connectivity index (χ3v) is 5.36. The van der Waals surface area contributed by atoms with Gasteiger partial charge in [0.05, 0.1) is 11.6 Å². The van der Waals surface area contributed by atoms with E-state index in [9.17, 15) is 13.9 Å². The Labute approximate surface area is 165 Å². The van der Waals surface area contributed by atoms with Crippen molar-refractivity contribution in [2.75, 3.05) is 20.3 Å². The molecule has 0 spiro atoms. The van der Waals surface area contributed by atoms with Crippen LogP contribution in [0.4, 0.5) is 8.78 Å². The van der Waals surface area contributed by atoms with E-state index in [2.05, 4.69) is 15.9 Å². The normalized spacial score (nSPS) is 18.7. The van der Waals surface area contributed by atoms with Gasteiger partial charge < -0.3 is 14.6 Å². The molecule has 4 nitrogen and oxygen atoms in total. The van der Waals surface area contributed by atoms with E-state index in [1.807, 2.05) is 29.2 Å². The summed E-state index contributed by atoms with van der Waals surface area (Å²) in [6.07, 6.45) is -1.48. The van der Waals surface area contributed by atoms with Gasteiger partial charge in [0.25, 0.3) is 6.43 Å². The zero-order chi connectivity index (χ0) is 19.4. The van der Waals surface area contributed by atoms with Gasteiger partial charge in [0, 0.05) is 12.6 Å². The number of hydrogen-bond donors (Lipinski definition) is 1. The van der Waals surface area contributed by atoms with E-state index in [0.717, 1.165) is 35.0 Å². The van der Waals surface area contributed by atoms with Crippen molar-refractivity contribution in [3.05, 3.63) is 58.1 Å². The zero-order valence-corrected chi connectivity index (χ0v) is 16.5. The molecule has 27 heavy (non-hydrogen) atoms. The maximum Gasteiger partial charge on any atom is 0.272 e. The Morgan fingerprint density at radius 3 is 2.81 bits per heavy atom. The second-order valence-electron chi connectivity index (χ2n) is 6.44. The molecule has 3 rings (SSSR count). The molecule has 1 heterocycles. The van der Waals surface area contributed by atoms with Crippen molar-refractivity contribution in [3.63, 3.8) is 0 Å². The molecule has 1 aliphatic rings. The van der Waals surface area contributed by atoms with Gasteiger partial charge in [-0.1, -0.05) is 18.2 Å². The van der Waals surface area contributed by atoms with Crippen molar-refractivity contribution in [3.8, 4) is 11.5 Å². The van der Waals surface area contributed by atoms with E-state index < -0.39 is 19.3 Å². The van der Waals surface area contributed by atoms with Gasteiger partial charge in [-0.3, -0.25) is 4.90 Å². The predicted molar refractivity (Wildman–Crippen MR) is 102 cm³/mol. The van der Waals surface area contributed by atoms with Crippen LogP contribution in [-0.4, -0.2) is 36.7 Å². The summed E-state index contributed by atoms with van der Waals surface area (Å²) in [5.74, 6) is 1.07. The van der Waals surface area contributed by atoms with Gasteiger partial charge in [-0.25, -0.2) is 8.78 Å². The van der Waals surface area contributed by atoms with Crippen LogP contribution in [0.2, 0.25) is 0 Å². The Morgan fingerprint density at radius 1 is 1.26 bits per heavy atom. The number of aliphatic hydroxyl groups is 1. The minimum absolute atomic E-state index is 0.00950. The molecular formula is C20H22BrF2NO3. The highest BCUT2D eigenvalue weighted by Crippen LogP contribution is 2.39. The van der Waals surface area contributed by atoms with Crippen LogP contribution in [-0.2, 0) is 0 Å². The van der Waals surface area contributed by atoms with Crippen LogP contribution in [0.25, 0.3) is 0 Å². The lowest BCUT2D eigenvalue weighted by molar-refractivity contribution is -0.00808. The van der Waals surface area contributed by atoms with Crippen LogP contribution < -0.4 is 9.47 Å². The maximum absolute atomic E-state index is 12.4. The lowest BCUT2D eigenvalue weighted by atomic mass is 10.0. The standard InChI is InChI=1S/C20H22BrF2NO3/c1-26-18-11-14(7-8-16(18)21)20(25)24-9-3-6-17(24)13-4-2-5-15(10-13)27-12-19(22)23/h2,4-5,7-8,10-11,17,19-20,25H,3,6,9,12H2,1H3. The molecule has 1 N–H and O–H groups in total. The number of halogens is 3. The summed E-state index contributed by atoms with van der Waals surface area (Å²) in [5.41, 5.74) is 1.69. The Morgan fingerprint density at radius 2 is 2.07 bits per heavy atom. The van der Waals surface area contributed by atoms with Crippen LogP contribution in [0, 0.1) is 0 Å². The predicted octanol–water partition coefficient (Wildman–Crippen LogP) is 4.93. The van der Waals surface area contributed by atoms with Crippen molar-refractivity contribution in [2.45, 2.75) is 31.5 Å². The third kappa shape index (κ3) is 4.78. The summed E-state index contributed by atoms with van der Waals surface area (Å²) in [7, 11) is 1.58. The van der Waals surface area contributed by atoms with Crippen molar-refractivity contribution >= 4 is 15.9 Å². The summed E-state index contributed by atoms with van der Waals surface area (Å²) >= 11 is 3.42. The quantitative estimate of drug-likeness (QED) is 0.661. The summed E-state index contributed by atoms with van der Waals surface area (Å²) < 4.78 is 36.1. The Balaban J connectivity index is 1.80. The molecule has 1 fully saturated rings. The van der Waals surface area contributed by atoms with E-state index in [-0.39, 0.29) is 6.04 Å². The summed E-state index contributed by atoms with van der Waals surface area (Å²) in [6.45, 7) is 0.117. The molecule has 2 atom stereocenters. The summed E-state index contributed by atoms with van der Waals surface area (Å²) in [5, 5.41) is 10.9. The second kappa shape index (κ2) is 8.99. The van der Waals surface area contributed by atoms with E-state index in [1.165, 1.54) is 0 Å². The first kappa shape index (κ1) is 20.0. The highest BCUT2D eigenvalue weighted by molar-refractivity contribution is 9.10. The molecule has 0 aliphatic carbocycles. The highest BCUT2D eigenvalue weighted by Gasteiger charge is 2.32. The molecule has 0 bridgehead atoms. The number of benzene rings is 2. The number of aliphatic hydroxyl groups excluding tert-OH is 1. The molecule has 146 valence electrons. The van der Waals surface area contributed by atoms with Crippen molar-refractivity contribution in [2.24, 2.45) is 0 Å². The fraction of sp³-hybridized carbons (Fsp3) is 0.400. The number of methoxy groups -OCH3 is 1. The smallest absolute Gasteiger partial charge is 0.272 e. The first-order chi connectivity index (χ1) is 13.0. The van der Waals surface area contributed by atoms with Gasteiger partial charge in [-0.15, -0.1) is 0 Å². The summed E-state index contributed by atoms with van der Waals surface area (Å²) in [4.78, 5) is 2.01. The molecule has 0 radical (unpaired) electrons. The van der Waals surface area contributed by atoms with Gasteiger partial charge in [0.2, 0.25) is 0 Å².